The molecular weight excluding hydrogens is 359 g/mol. The lowest BCUT2D eigenvalue weighted by atomic mass is 10.2. The zero-order chi connectivity index (χ0) is 19.2. The van der Waals surface area contributed by atoms with Crippen molar-refractivity contribution in [2.24, 2.45) is 5.14 Å². The third kappa shape index (κ3) is 5.41. The van der Waals surface area contributed by atoms with Crippen LogP contribution in [0.3, 0.4) is 0 Å². The zero-order valence-corrected chi connectivity index (χ0v) is 14.3. The molecule has 0 bridgehead atoms. The number of hydrogen-bond donors (Lipinski definition) is 3. The van der Waals surface area contributed by atoms with Gasteiger partial charge in [-0.3, -0.25) is 4.79 Å². The second-order valence-corrected chi connectivity index (χ2v) is 6.76. The normalized spacial score (nSPS) is 11.5. The van der Waals surface area contributed by atoms with Crippen LogP contribution in [0.15, 0.2) is 65.2 Å². The minimum Gasteiger partial charge on any atom is -0.386 e. The molecule has 2 rings (SSSR count). The Hall–Kier alpha value is -3.22. The van der Waals surface area contributed by atoms with Gasteiger partial charge in [0, 0.05) is 18.4 Å². The zero-order valence-electron chi connectivity index (χ0n) is 13.4. The number of primary sulfonamides is 1. The van der Waals surface area contributed by atoms with Crippen molar-refractivity contribution >= 4 is 21.6 Å². The molecule has 1 amide bonds. The lowest BCUT2D eigenvalue weighted by Crippen LogP contribution is -2.16. The van der Waals surface area contributed by atoms with E-state index in [0.717, 1.165) is 5.56 Å². The summed E-state index contributed by atoms with van der Waals surface area (Å²) in [5.41, 5.74) is 0.913. The van der Waals surface area contributed by atoms with E-state index in [-0.39, 0.29) is 17.0 Å². The van der Waals surface area contributed by atoms with E-state index in [4.69, 9.17) is 10.4 Å². The number of nitrogens with two attached hydrogens (primary N) is 1. The van der Waals surface area contributed by atoms with Gasteiger partial charge in [-0.1, -0.05) is 12.1 Å². The van der Waals surface area contributed by atoms with Gasteiger partial charge in [0.2, 0.25) is 10.0 Å². The number of sulfonamides is 1. The van der Waals surface area contributed by atoms with E-state index in [2.05, 4.69) is 10.6 Å². The lowest BCUT2D eigenvalue weighted by molar-refractivity contribution is -0.112. The molecule has 0 aromatic heterocycles. The minimum absolute atomic E-state index is 0.00631. The Bertz CT molecular complexity index is 963. The van der Waals surface area contributed by atoms with Crippen LogP contribution in [0.25, 0.3) is 0 Å². The largest absolute Gasteiger partial charge is 0.386 e. The monoisotopic (exact) mass is 374 g/mol. The molecule has 0 fully saturated rings. The Kier molecular flexibility index (Phi) is 6.06. The third-order valence-corrected chi connectivity index (χ3v) is 4.20. The molecule has 0 unspecified atom stereocenters. The first-order valence-electron chi connectivity index (χ1n) is 7.32. The summed E-state index contributed by atoms with van der Waals surface area (Å²) in [7, 11) is -3.75. The van der Waals surface area contributed by atoms with E-state index in [1.165, 1.54) is 42.6 Å². The van der Waals surface area contributed by atoms with Crippen LogP contribution in [0.1, 0.15) is 5.56 Å². The van der Waals surface area contributed by atoms with Gasteiger partial charge in [-0.2, -0.15) is 5.26 Å². The molecule has 0 atom stereocenters. The summed E-state index contributed by atoms with van der Waals surface area (Å²) < 4.78 is 35.2. The lowest BCUT2D eigenvalue weighted by Gasteiger charge is -2.06. The minimum atomic E-state index is -3.75. The molecule has 0 saturated carbocycles. The van der Waals surface area contributed by atoms with Crippen molar-refractivity contribution in [2.45, 2.75) is 11.4 Å². The predicted octanol–water partition coefficient (Wildman–Crippen LogP) is 1.61. The highest BCUT2D eigenvalue weighted by molar-refractivity contribution is 7.89. The van der Waals surface area contributed by atoms with Gasteiger partial charge in [0.05, 0.1) is 4.90 Å². The van der Waals surface area contributed by atoms with Gasteiger partial charge in [-0.25, -0.2) is 17.9 Å². The van der Waals surface area contributed by atoms with E-state index in [1.54, 1.807) is 18.2 Å². The Morgan fingerprint density at radius 1 is 1.15 bits per heavy atom. The molecule has 7 nitrogen and oxygen atoms in total. The van der Waals surface area contributed by atoms with Gasteiger partial charge >= 0.3 is 0 Å². The highest BCUT2D eigenvalue weighted by Gasteiger charge is 2.09. The Morgan fingerprint density at radius 2 is 1.77 bits per heavy atom. The van der Waals surface area contributed by atoms with Crippen molar-refractivity contribution in [3.05, 3.63) is 71.7 Å². The number of halogens is 1. The van der Waals surface area contributed by atoms with E-state index in [0.29, 0.717) is 5.69 Å². The number of rotatable bonds is 6. The fraction of sp³-hybridized carbons (Fsp3) is 0.0588. The first kappa shape index (κ1) is 19.1. The average molecular weight is 374 g/mol. The number of amides is 1. The van der Waals surface area contributed by atoms with Crippen molar-refractivity contribution in [3.8, 4) is 6.07 Å². The van der Waals surface area contributed by atoms with Gasteiger partial charge < -0.3 is 10.6 Å². The highest BCUT2D eigenvalue weighted by Crippen LogP contribution is 2.10. The second kappa shape index (κ2) is 8.24. The van der Waals surface area contributed by atoms with Crippen molar-refractivity contribution in [1.82, 2.24) is 5.32 Å². The summed E-state index contributed by atoms with van der Waals surface area (Å²) in [4.78, 5) is 12.0. The smallest absolute Gasteiger partial charge is 0.267 e. The number of nitriles is 1. The molecule has 0 saturated heterocycles. The number of carbonyl (C=O) groups excluding carboxylic acids is 1. The number of benzene rings is 2. The van der Waals surface area contributed by atoms with Crippen LogP contribution in [-0.4, -0.2) is 14.3 Å². The van der Waals surface area contributed by atoms with Gasteiger partial charge in [-0.05, 0) is 42.0 Å². The molecule has 0 aliphatic carbocycles. The second-order valence-electron chi connectivity index (χ2n) is 5.20. The van der Waals surface area contributed by atoms with Crippen LogP contribution in [0, 0.1) is 17.1 Å². The topological polar surface area (TPSA) is 125 Å². The maximum atomic E-state index is 12.8. The Labute approximate surface area is 150 Å². The van der Waals surface area contributed by atoms with E-state index < -0.39 is 21.7 Å². The van der Waals surface area contributed by atoms with Crippen LogP contribution < -0.4 is 15.8 Å². The van der Waals surface area contributed by atoms with E-state index in [1.807, 2.05) is 0 Å². The summed E-state index contributed by atoms with van der Waals surface area (Å²) in [5.74, 6) is -1.08. The maximum Gasteiger partial charge on any atom is 0.267 e. The van der Waals surface area contributed by atoms with Crippen molar-refractivity contribution < 1.29 is 17.6 Å². The molecule has 0 aliphatic rings. The Morgan fingerprint density at radius 3 is 2.31 bits per heavy atom. The molecule has 4 N–H and O–H groups in total. The number of hydrogen-bond acceptors (Lipinski definition) is 5. The molecule has 0 spiro atoms. The number of carbonyl (C=O) groups is 1. The molecule has 9 heteroatoms. The fourth-order valence-electron chi connectivity index (χ4n) is 1.95. The van der Waals surface area contributed by atoms with Crippen LogP contribution in [0.2, 0.25) is 0 Å². The third-order valence-electron chi connectivity index (χ3n) is 3.27. The average Bonchev–Trinajstić information content (AvgIpc) is 2.60. The summed E-state index contributed by atoms with van der Waals surface area (Å²) in [6.07, 6.45) is 1.24. The van der Waals surface area contributed by atoms with Crippen LogP contribution in [0.4, 0.5) is 10.1 Å². The van der Waals surface area contributed by atoms with Gasteiger partial charge in [0.1, 0.15) is 17.5 Å². The summed E-state index contributed by atoms with van der Waals surface area (Å²) >= 11 is 0. The molecule has 0 aliphatic heterocycles. The first-order chi connectivity index (χ1) is 12.3. The molecule has 2 aromatic carbocycles. The maximum absolute atomic E-state index is 12.8. The number of nitrogens with one attached hydrogen (secondary N) is 2. The summed E-state index contributed by atoms with van der Waals surface area (Å²) in [6.45, 7) is 0.264. The summed E-state index contributed by atoms with van der Waals surface area (Å²) in [6, 6.07) is 12.7. The van der Waals surface area contributed by atoms with Crippen molar-refractivity contribution in [3.63, 3.8) is 0 Å². The Balaban J connectivity index is 1.97. The van der Waals surface area contributed by atoms with Crippen LogP contribution >= 0.6 is 0 Å². The number of anilines is 1. The summed E-state index contributed by atoms with van der Waals surface area (Å²) in [5, 5.41) is 19.4. The molecular formula is C17H15FN4O3S. The predicted molar refractivity (Wildman–Crippen MR) is 93.4 cm³/mol. The van der Waals surface area contributed by atoms with E-state index in [9.17, 15) is 17.6 Å². The van der Waals surface area contributed by atoms with Gasteiger partial charge in [0.25, 0.3) is 5.91 Å². The standard InChI is InChI=1S/C17H15FN4O3S/c18-14-3-5-15(6-4-14)22-17(23)13(9-19)11-21-10-12-1-7-16(8-2-12)26(20,24)25/h1-8,11,21H,10H2,(H,22,23)(H2,20,24,25)/b13-11-. The fourth-order valence-corrected chi connectivity index (χ4v) is 2.46. The molecule has 26 heavy (non-hydrogen) atoms. The van der Waals surface area contributed by atoms with E-state index >= 15 is 0 Å². The van der Waals surface area contributed by atoms with Crippen LogP contribution in [0.5, 0.6) is 0 Å². The SMILES string of the molecule is N#C/C(=C/NCc1ccc(S(N)(=O)=O)cc1)C(=O)Nc1ccc(F)cc1. The molecule has 0 radical (unpaired) electrons. The molecule has 0 heterocycles. The van der Waals surface area contributed by atoms with Crippen molar-refractivity contribution in [2.75, 3.05) is 5.32 Å². The van der Waals surface area contributed by atoms with Crippen LogP contribution in [-0.2, 0) is 21.4 Å². The number of nitrogens with zero attached hydrogens (tertiary/aromatic N) is 1. The van der Waals surface area contributed by atoms with Gasteiger partial charge in [-0.15, -0.1) is 0 Å². The quantitative estimate of drug-likeness (QED) is 0.523. The van der Waals surface area contributed by atoms with Gasteiger partial charge in [0.15, 0.2) is 0 Å². The first-order valence-corrected chi connectivity index (χ1v) is 8.86. The highest BCUT2D eigenvalue weighted by atomic mass is 32.2. The molecule has 134 valence electrons. The van der Waals surface area contributed by atoms with Crippen molar-refractivity contribution in [1.29, 1.82) is 5.26 Å². The molecule has 2 aromatic rings.